The number of rotatable bonds is 3. The number of aryl methyl sites for hydroxylation is 2. The van der Waals surface area contributed by atoms with Gasteiger partial charge in [-0.1, -0.05) is 11.6 Å². The van der Waals surface area contributed by atoms with Crippen LogP contribution >= 0.6 is 24.2 Å². The molecule has 1 aromatic rings. The summed E-state index contributed by atoms with van der Waals surface area (Å²) in [6.45, 7) is 1.71. The summed E-state index contributed by atoms with van der Waals surface area (Å²) >= 11 is 10.0. The summed E-state index contributed by atoms with van der Waals surface area (Å²) in [5, 5.41) is 0.653. The largest absolute Gasteiger partial charge is 0.207 e. The van der Waals surface area contributed by atoms with E-state index >= 15 is 0 Å². The zero-order valence-corrected chi connectivity index (χ0v) is 9.13. The normalized spacial score (nSPS) is 10.5. The highest BCUT2D eigenvalue weighted by Crippen LogP contribution is 2.21. The molecule has 0 atom stereocenters. The lowest BCUT2D eigenvalue weighted by Gasteiger charge is -2.05. The first kappa shape index (κ1) is 10.9. The third kappa shape index (κ3) is 2.89. The molecule has 0 spiro atoms. The van der Waals surface area contributed by atoms with Crippen molar-refractivity contribution in [1.29, 1.82) is 0 Å². The van der Waals surface area contributed by atoms with Gasteiger partial charge >= 0.3 is 0 Å². The molecule has 0 bridgehead atoms. The lowest BCUT2D eigenvalue weighted by atomic mass is 10.1. The molecule has 0 aliphatic heterocycles. The first-order valence-electron chi connectivity index (χ1n) is 4.20. The van der Waals surface area contributed by atoms with Crippen molar-refractivity contribution in [2.75, 3.05) is 5.75 Å². The Morgan fingerprint density at radius 3 is 2.77 bits per heavy atom. The van der Waals surface area contributed by atoms with Gasteiger partial charge in [0.1, 0.15) is 5.82 Å². The fourth-order valence-electron chi connectivity index (χ4n) is 1.15. The van der Waals surface area contributed by atoms with Crippen LogP contribution < -0.4 is 0 Å². The summed E-state index contributed by atoms with van der Waals surface area (Å²) in [6.07, 6.45) is 1.71. The van der Waals surface area contributed by atoms with Gasteiger partial charge in [0.05, 0.1) is 0 Å². The van der Waals surface area contributed by atoms with Gasteiger partial charge < -0.3 is 0 Å². The van der Waals surface area contributed by atoms with Crippen LogP contribution in [0.15, 0.2) is 12.1 Å². The Balaban J connectivity index is 2.88. The first-order valence-corrected chi connectivity index (χ1v) is 5.21. The number of halogens is 2. The van der Waals surface area contributed by atoms with Crippen LogP contribution in [-0.2, 0) is 6.42 Å². The van der Waals surface area contributed by atoms with Crippen LogP contribution in [0.4, 0.5) is 4.39 Å². The van der Waals surface area contributed by atoms with Gasteiger partial charge in [0.2, 0.25) is 0 Å². The van der Waals surface area contributed by atoms with E-state index in [1.165, 1.54) is 6.07 Å². The smallest absolute Gasteiger partial charge is 0.126 e. The van der Waals surface area contributed by atoms with Crippen LogP contribution in [0.3, 0.4) is 0 Å². The second kappa shape index (κ2) is 4.87. The molecule has 0 fully saturated rings. The van der Waals surface area contributed by atoms with Gasteiger partial charge in [-0.15, -0.1) is 0 Å². The fourth-order valence-corrected chi connectivity index (χ4v) is 1.62. The van der Waals surface area contributed by atoms with Gasteiger partial charge in [0.15, 0.2) is 0 Å². The van der Waals surface area contributed by atoms with Crippen LogP contribution in [0.1, 0.15) is 17.5 Å². The molecule has 0 aromatic heterocycles. The van der Waals surface area contributed by atoms with Gasteiger partial charge in [-0.25, -0.2) is 4.39 Å². The Kier molecular flexibility index (Phi) is 4.07. The molecule has 0 nitrogen and oxygen atoms in total. The van der Waals surface area contributed by atoms with E-state index in [0.717, 1.165) is 24.2 Å². The molecular formula is C10H12ClFS. The number of hydrogen-bond acceptors (Lipinski definition) is 1. The molecule has 0 unspecified atom stereocenters. The molecule has 0 heterocycles. The number of benzene rings is 1. The van der Waals surface area contributed by atoms with E-state index in [1.54, 1.807) is 13.0 Å². The van der Waals surface area contributed by atoms with E-state index in [0.29, 0.717) is 10.6 Å². The predicted octanol–water partition coefficient (Wildman–Crippen LogP) is 3.65. The lowest BCUT2D eigenvalue weighted by Crippen LogP contribution is -1.92. The molecule has 72 valence electrons. The van der Waals surface area contributed by atoms with E-state index in [1.807, 2.05) is 0 Å². The summed E-state index contributed by atoms with van der Waals surface area (Å²) in [4.78, 5) is 0. The van der Waals surface area contributed by atoms with Crippen LogP contribution in [0.25, 0.3) is 0 Å². The highest BCUT2D eigenvalue weighted by molar-refractivity contribution is 7.80. The summed E-state index contributed by atoms with van der Waals surface area (Å²) in [7, 11) is 0. The average Bonchev–Trinajstić information content (AvgIpc) is 2.09. The molecular weight excluding hydrogens is 207 g/mol. The van der Waals surface area contributed by atoms with Gasteiger partial charge in [-0.05, 0) is 48.8 Å². The molecule has 13 heavy (non-hydrogen) atoms. The van der Waals surface area contributed by atoms with Crippen LogP contribution in [0.2, 0.25) is 5.02 Å². The van der Waals surface area contributed by atoms with Gasteiger partial charge in [-0.2, -0.15) is 12.6 Å². The molecule has 1 rings (SSSR count). The molecule has 0 aliphatic carbocycles. The second-order valence-electron chi connectivity index (χ2n) is 3.02. The second-order valence-corrected chi connectivity index (χ2v) is 3.87. The summed E-state index contributed by atoms with van der Waals surface area (Å²) < 4.78 is 13.1. The van der Waals surface area contributed by atoms with E-state index < -0.39 is 0 Å². The molecule has 0 saturated heterocycles. The summed E-state index contributed by atoms with van der Waals surface area (Å²) in [5.74, 6) is 0.616. The minimum Gasteiger partial charge on any atom is -0.207 e. The van der Waals surface area contributed by atoms with Crippen LogP contribution in [-0.4, -0.2) is 5.75 Å². The zero-order chi connectivity index (χ0) is 9.84. The Hall–Kier alpha value is -0.210. The molecule has 3 heteroatoms. The van der Waals surface area contributed by atoms with Crippen molar-refractivity contribution in [2.45, 2.75) is 19.8 Å². The zero-order valence-electron chi connectivity index (χ0n) is 7.48. The van der Waals surface area contributed by atoms with Crippen molar-refractivity contribution in [3.63, 3.8) is 0 Å². The summed E-state index contributed by atoms with van der Waals surface area (Å²) in [6, 6.07) is 3.19. The Morgan fingerprint density at radius 2 is 2.15 bits per heavy atom. The van der Waals surface area contributed by atoms with Crippen molar-refractivity contribution in [1.82, 2.24) is 0 Å². The van der Waals surface area contributed by atoms with E-state index in [9.17, 15) is 4.39 Å². The topological polar surface area (TPSA) is 0 Å². The van der Waals surface area contributed by atoms with E-state index in [-0.39, 0.29) is 5.82 Å². The summed E-state index contributed by atoms with van der Waals surface area (Å²) in [5.41, 5.74) is 1.47. The lowest BCUT2D eigenvalue weighted by molar-refractivity contribution is 0.616. The molecule has 1 aromatic carbocycles. The number of hydrogen-bond donors (Lipinski definition) is 1. The standard InChI is InChI=1S/C10H12ClFS/c1-7-5-9(11)8(3-2-4-13)6-10(7)12/h5-6,13H,2-4H2,1H3. The Labute approximate surface area is 88.5 Å². The third-order valence-electron chi connectivity index (χ3n) is 1.93. The highest BCUT2D eigenvalue weighted by Gasteiger charge is 2.04. The minimum atomic E-state index is -0.182. The first-order chi connectivity index (χ1) is 6.15. The minimum absolute atomic E-state index is 0.182. The maximum atomic E-state index is 13.1. The van der Waals surface area contributed by atoms with Gasteiger partial charge in [-0.3, -0.25) is 0 Å². The quantitative estimate of drug-likeness (QED) is 0.736. The molecule has 0 amide bonds. The van der Waals surface area contributed by atoms with Crippen molar-refractivity contribution >= 4 is 24.2 Å². The van der Waals surface area contributed by atoms with Gasteiger partial charge in [0.25, 0.3) is 0 Å². The van der Waals surface area contributed by atoms with Crippen LogP contribution in [0, 0.1) is 12.7 Å². The fraction of sp³-hybridized carbons (Fsp3) is 0.400. The maximum Gasteiger partial charge on any atom is 0.126 e. The van der Waals surface area contributed by atoms with Crippen molar-refractivity contribution in [3.05, 3.63) is 34.1 Å². The SMILES string of the molecule is Cc1cc(Cl)c(CCCS)cc1F. The predicted molar refractivity (Wildman–Crippen MR) is 58.3 cm³/mol. The molecule has 0 saturated carbocycles. The van der Waals surface area contributed by atoms with Crippen molar-refractivity contribution in [3.8, 4) is 0 Å². The average molecular weight is 219 g/mol. The number of thiol groups is 1. The maximum absolute atomic E-state index is 13.1. The van der Waals surface area contributed by atoms with E-state index in [4.69, 9.17) is 11.6 Å². The highest BCUT2D eigenvalue weighted by atomic mass is 35.5. The van der Waals surface area contributed by atoms with E-state index in [2.05, 4.69) is 12.6 Å². The van der Waals surface area contributed by atoms with Crippen molar-refractivity contribution < 1.29 is 4.39 Å². The Morgan fingerprint density at radius 1 is 1.46 bits per heavy atom. The molecule has 0 radical (unpaired) electrons. The third-order valence-corrected chi connectivity index (χ3v) is 2.60. The van der Waals surface area contributed by atoms with Crippen LogP contribution in [0.5, 0.6) is 0 Å². The van der Waals surface area contributed by atoms with Crippen molar-refractivity contribution in [2.24, 2.45) is 0 Å². The van der Waals surface area contributed by atoms with Gasteiger partial charge in [0, 0.05) is 5.02 Å². The molecule has 0 aliphatic rings. The molecule has 0 N–H and O–H groups in total. The monoisotopic (exact) mass is 218 g/mol. The Bertz CT molecular complexity index is 299.